The zero-order chi connectivity index (χ0) is 12.9. The molecule has 0 fully saturated rings. The van der Waals surface area contributed by atoms with Gasteiger partial charge < -0.3 is 5.32 Å². The van der Waals surface area contributed by atoms with Crippen LogP contribution in [0.15, 0.2) is 18.5 Å². The molecule has 1 N–H and O–H groups in total. The Balaban J connectivity index is 2.82. The Hall–Kier alpha value is -0.940. The Bertz CT molecular complexity index is 457. The summed E-state index contributed by atoms with van der Waals surface area (Å²) in [5.74, 6) is 0.193. The van der Waals surface area contributed by atoms with Crippen molar-refractivity contribution in [3.05, 3.63) is 29.6 Å². The van der Waals surface area contributed by atoms with E-state index in [9.17, 15) is 8.42 Å². The highest BCUT2D eigenvalue weighted by atomic mass is 32.2. The third-order valence-electron chi connectivity index (χ3n) is 2.68. The fourth-order valence-corrected chi connectivity index (χ4v) is 2.45. The molecule has 5 heteroatoms. The Morgan fingerprint density at radius 2 is 2.18 bits per heavy atom. The molecule has 0 aliphatic heterocycles. The predicted molar refractivity (Wildman–Crippen MR) is 69.7 cm³/mol. The smallest absolute Gasteiger partial charge is 0.147 e. The molecule has 1 aromatic rings. The average Bonchev–Trinajstić information content (AvgIpc) is 2.24. The maximum absolute atomic E-state index is 11.2. The molecule has 4 nitrogen and oxygen atoms in total. The van der Waals surface area contributed by atoms with Gasteiger partial charge in [0.05, 0.1) is 5.75 Å². The van der Waals surface area contributed by atoms with Crippen molar-refractivity contribution in [1.82, 2.24) is 10.3 Å². The van der Waals surface area contributed by atoms with Gasteiger partial charge in [-0.1, -0.05) is 6.92 Å². The Morgan fingerprint density at radius 3 is 2.71 bits per heavy atom. The molecule has 1 atom stereocenters. The first-order valence-corrected chi connectivity index (χ1v) is 7.81. The van der Waals surface area contributed by atoms with E-state index in [4.69, 9.17) is 0 Å². The summed E-state index contributed by atoms with van der Waals surface area (Å²) in [6, 6.07) is 2.00. The predicted octanol–water partition coefficient (Wildman–Crippen LogP) is 1.48. The van der Waals surface area contributed by atoms with E-state index in [2.05, 4.69) is 10.3 Å². The van der Waals surface area contributed by atoms with Gasteiger partial charge >= 0.3 is 0 Å². The van der Waals surface area contributed by atoms with Crippen LogP contribution in [0.5, 0.6) is 0 Å². The molecule has 0 saturated heterocycles. The number of aryl methyl sites for hydroxylation is 1. The van der Waals surface area contributed by atoms with Gasteiger partial charge in [-0.05, 0) is 37.1 Å². The molecule has 0 amide bonds. The number of hydrogen-bond acceptors (Lipinski definition) is 4. The number of hydrogen-bond donors (Lipinski definition) is 1. The maximum atomic E-state index is 11.2. The number of aromatic nitrogens is 1. The van der Waals surface area contributed by atoms with Crippen molar-refractivity contribution in [2.24, 2.45) is 0 Å². The van der Waals surface area contributed by atoms with Crippen LogP contribution in [0.3, 0.4) is 0 Å². The van der Waals surface area contributed by atoms with E-state index in [0.717, 1.165) is 17.7 Å². The molecule has 1 unspecified atom stereocenters. The summed E-state index contributed by atoms with van der Waals surface area (Å²) in [5.41, 5.74) is 2.22. The zero-order valence-electron chi connectivity index (χ0n) is 10.6. The van der Waals surface area contributed by atoms with Crippen molar-refractivity contribution in [2.75, 3.05) is 18.6 Å². The van der Waals surface area contributed by atoms with E-state index >= 15 is 0 Å². The van der Waals surface area contributed by atoms with E-state index in [1.54, 1.807) is 6.20 Å². The second kappa shape index (κ2) is 6.12. The maximum Gasteiger partial charge on any atom is 0.147 e. The molecule has 1 rings (SSSR count). The van der Waals surface area contributed by atoms with Crippen LogP contribution in [0.1, 0.15) is 30.5 Å². The molecule has 0 spiro atoms. The van der Waals surface area contributed by atoms with E-state index < -0.39 is 9.84 Å². The highest BCUT2D eigenvalue weighted by Gasteiger charge is 2.15. The van der Waals surface area contributed by atoms with Gasteiger partial charge in [-0.15, -0.1) is 0 Å². The number of nitrogens with one attached hydrogen (secondary N) is 1. The summed E-state index contributed by atoms with van der Waals surface area (Å²) in [5, 5.41) is 3.31. The van der Waals surface area contributed by atoms with Gasteiger partial charge in [0.1, 0.15) is 9.84 Å². The fourth-order valence-electron chi connectivity index (χ4n) is 1.79. The topological polar surface area (TPSA) is 59.1 Å². The van der Waals surface area contributed by atoms with Crippen molar-refractivity contribution < 1.29 is 8.42 Å². The van der Waals surface area contributed by atoms with Crippen LogP contribution in [0.4, 0.5) is 0 Å². The number of nitrogens with zero attached hydrogens (tertiary/aromatic N) is 1. The van der Waals surface area contributed by atoms with Gasteiger partial charge in [-0.3, -0.25) is 4.98 Å². The molecule has 17 heavy (non-hydrogen) atoms. The van der Waals surface area contributed by atoms with Crippen molar-refractivity contribution in [3.8, 4) is 0 Å². The van der Waals surface area contributed by atoms with E-state index in [0.29, 0.717) is 6.42 Å². The first-order valence-electron chi connectivity index (χ1n) is 5.75. The van der Waals surface area contributed by atoms with Gasteiger partial charge in [0.25, 0.3) is 0 Å². The summed E-state index contributed by atoms with van der Waals surface area (Å²) in [7, 11) is -2.92. The molecule has 0 saturated carbocycles. The summed E-state index contributed by atoms with van der Waals surface area (Å²) in [4.78, 5) is 4.10. The highest BCUT2D eigenvalue weighted by Crippen LogP contribution is 2.20. The minimum Gasteiger partial charge on any atom is -0.310 e. The second-order valence-corrected chi connectivity index (χ2v) is 6.52. The molecule has 1 heterocycles. The van der Waals surface area contributed by atoms with Gasteiger partial charge in [-0.25, -0.2) is 8.42 Å². The summed E-state index contributed by atoms with van der Waals surface area (Å²) < 4.78 is 22.4. The first-order chi connectivity index (χ1) is 7.94. The van der Waals surface area contributed by atoms with Crippen LogP contribution >= 0.6 is 0 Å². The van der Waals surface area contributed by atoms with Crippen LogP contribution in [0, 0.1) is 6.92 Å². The Morgan fingerprint density at radius 1 is 1.47 bits per heavy atom. The molecule has 1 aromatic heterocycles. The lowest BCUT2D eigenvalue weighted by atomic mass is 10.0. The molecule has 96 valence electrons. The Labute approximate surface area is 103 Å². The molecule has 0 aliphatic carbocycles. The van der Waals surface area contributed by atoms with E-state index in [-0.39, 0.29) is 11.8 Å². The van der Waals surface area contributed by atoms with Gasteiger partial charge in [0.15, 0.2) is 0 Å². The molecule has 0 aliphatic rings. The number of pyridine rings is 1. The van der Waals surface area contributed by atoms with Crippen molar-refractivity contribution in [3.63, 3.8) is 0 Å². The summed E-state index contributed by atoms with van der Waals surface area (Å²) in [6.07, 6.45) is 5.41. The third kappa shape index (κ3) is 4.83. The summed E-state index contributed by atoms with van der Waals surface area (Å²) >= 11 is 0. The number of sulfone groups is 1. The lowest BCUT2D eigenvalue weighted by Crippen LogP contribution is -2.24. The average molecular weight is 256 g/mol. The standard InChI is InChI=1S/C12H20N2O2S/c1-4-14-12(6-8-17(3,15)16)11-9-13-7-5-10(11)2/h5,7,9,12,14H,4,6,8H2,1-3H3. The minimum atomic E-state index is -2.92. The Kier molecular flexibility index (Phi) is 5.08. The SMILES string of the molecule is CCNC(CCS(C)(=O)=O)c1cnccc1C. The van der Waals surface area contributed by atoms with Crippen molar-refractivity contribution in [1.29, 1.82) is 0 Å². The largest absolute Gasteiger partial charge is 0.310 e. The third-order valence-corrected chi connectivity index (χ3v) is 3.66. The molecule has 0 bridgehead atoms. The quantitative estimate of drug-likeness (QED) is 0.837. The van der Waals surface area contributed by atoms with Crippen LogP contribution in [0.2, 0.25) is 0 Å². The van der Waals surface area contributed by atoms with E-state index in [1.807, 2.05) is 26.1 Å². The molecular formula is C12H20N2O2S. The van der Waals surface area contributed by atoms with Crippen LogP contribution in [-0.4, -0.2) is 32.0 Å². The first kappa shape index (κ1) is 14.1. The van der Waals surface area contributed by atoms with Crippen LogP contribution < -0.4 is 5.32 Å². The highest BCUT2D eigenvalue weighted by molar-refractivity contribution is 7.90. The van der Waals surface area contributed by atoms with Crippen molar-refractivity contribution >= 4 is 9.84 Å². The van der Waals surface area contributed by atoms with Crippen LogP contribution in [0.25, 0.3) is 0 Å². The fraction of sp³-hybridized carbons (Fsp3) is 0.583. The lowest BCUT2D eigenvalue weighted by Gasteiger charge is -2.19. The zero-order valence-corrected chi connectivity index (χ0v) is 11.4. The van der Waals surface area contributed by atoms with Crippen molar-refractivity contribution in [2.45, 2.75) is 26.3 Å². The molecule has 0 aromatic carbocycles. The normalized spacial score (nSPS) is 13.6. The minimum absolute atomic E-state index is 0.0587. The number of rotatable bonds is 6. The molecular weight excluding hydrogens is 236 g/mol. The van der Waals surface area contributed by atoms with E-state index in [1.165, 1.54) is 6.26 Å². The lowest BCUT2D eigenvalue weighted by molar-refractivity contribution is 0.526. The monoisotopic (exact) mass is 256 g/mol. The molecule has 0 radical (unpaired) electrons. The van der Waals surface area contributed by atoms with Gasteiger partial charge in [0, 0.05) is 24.7 Å². The van der Waals surface area contributed by atoms with Gasteiger partial charge in [0.2, 0.25) is 0 Å². The second-order valence-electron chi connectivity index (χ2n) is 4.26. The van der Waals surface area contributed by atoms with Gasteiger partial charge in [-0.2, -0.15) is 0 Å². The van der Waals surface area contributed by atoms with Crippen LogP contribution in [-0.2, 0) is 9.84 Å². The summed E-state index contributed by atoms with van der Waals surface area (Å²) in [6.45, 7) is 4.84.